The molecule has 1 aromatic carbocycles. The molecule has 1 aromatic heterocycles. The second kappa shape index (κ2) is 4.99. The zero-order valence-electron chi connectivity index (χ0n) is 12.0. The van der Waals surface area contributed by atoms with Gasteiger partial charge in [0.1, 0.15) is 0 Å². The largest absolute Gasteiger partial charge is 0.398 e. The summed E-state index contributed by atoms with van der Waals surface area (Å²) in [6.45, 7) is 9.62. The monoisotopic (exact) mass is 259 g/mol. The third-order valence-corrected chi connectivity index (χ3v) is 3.85. The second-order valence-corrected chi connectivity index (χ2v) is 5.89. The summed E-state index contributed by atoms with van der Waals surface area (Å²) in [4.78, 5) is 0. The van der Waals surface area contributed by atoms with Gasteiger partial charge in [0, 0.05) is 11.3 Å². The highest BCUT2D eigenvalue weighted by atomic mass is 15.5. The molecule has 0 atom stereocenters. The molecule has 0 saturated heterocycles. The fourth-order valence-corrected chi connectivity index (χ4v) is 1.77. The van der Waals surface area contributed by atoms with Crippen LogP contribution in [0.1, 0.15) is 27.7 Å². The van der Waals surface area contributed by atoms with Crippen molar-refractivity contribution in [3.8, 4) is 11.4 Å². The number of nitrogens with zero attached hydrogens (tertiary/aromatic N) is 4. The Morgan fingerprint density at radius 3 is 2.58 bits per heavy atom. The number of anilines is 1. The molecule has 0 aliphatic rings. The lowest BCUT2D eigenvalue weighted by Gasteiger charge is -2.29. The molecule has 0 amide bonds. The molecular formula is C14H21N5. The standard InChI is InChI=1S/C14H21N5/c1-10(2)14(3,4)9-19-13(16-17-18-19)11-7-5-6-8-12(11)15/h5-8,10H,9,15H2,1-4H3. The van der Waals surface area contributed by atoms with Gasteiger partial charge in [-0.3, -0.25) is 0 Å². The van der Waals surface area contributed by atoms with E-state index in [9.17, 15) is 0 Å². The maximum atomic E-state index is 6.00. The molecule has 2 aromatic rings. The Balaban J connectivity index is 2.36. The van der Waals surface area contributed by atoms with Gasteiger partial charge in [0.2, 0.25) is 0 Å². The third-order valence-electron chi connectivity index (χ3n) is 3.85. The fourth-order valence-electron chi connectivity index (χ4n) is 1.77. The minimum absolute atomic E-state index is 0.119. The minimum atomic E-state index is 0.119. The Morgan fingerprint density at radius 2 is 1.95 bits per heavy atom. The van der Waals surface area contributed by atoms with Gasteiger partial charge in [-0.25, -0.2) is 4.68 Å². The van der Waals surface area contributed by atoms with Gasteiger partial charge in [-0.2, -0.15) is 0 Å². The van der Waals surface area contributed by atoms with E-state index in [4.69, 9.17) is 5.73 Å². The maximum absolute atomic E-state index is 6.00. The quantitative estimate of drug-likeness (QED) is 0.857. The molecule has 0 fully saturated rings. The average Bonchev–Trinajstić information content (AvgIpc) is 2.77. The molecule has 1 heterocycles. The average molecular weight is 259 g/mol. The molecular weight excluding hydrogens is 238 g/mol. The van der Waals surface area contributed by atoms with Crippen LogP contribution in [0.3, 0.4) is 0 Å². The summed E-state index contributed by atoms with van der Waals surface area (Å²) in [5, 5.41) is 12.0. The number of para-hydroxylation sites is 1. The number of aromatic nitrogens is 4. The molecule has 0 aliphatic carbocycles. The van der Waals surface area contributed by atoms with Gasteiger partial charge in [0.05, 0.1) is 6.54 Å². The Hall–Kier alpha value is -1.91. The van der Waals surface area contributed by atoms with Gasteiger partial charge >= 0.3 is 0 Å². The summed E-state index contributed by atoms with van der Waals surface area (Å²) in [6.07, 6.45) is 0. The van der Waals surface area contributed by atoms with Crippen LogP contribution in [-0.4, -0.2) is 20.2 Å². The van der Waals surface area contributed by atoms with Gasteiger partial charge in [0.25, 0.3) is 0 Å². The van der Waals surface area contributed by atoms with Crippen LogP contribution in [0.4, 0.5) is 5.69 Å². The highest BCUT2D eigenvalue weighted by Gasteiger charge is 2.25. The van der Waals surface area contributed by atoms with Crippen molar-refractivity contribution in [3.63, 3.8) is 0 Å². The normalized spacial score (nSPS) is 12.1. The van der Waals surface area contributed by atoms with Gasteiger partial charge in [-0.15, -0.1) is 5.10 Å². The zero-order valence-corrected chi connectivity index (χ0v) is 12.0. The van der Waals surface area contributed by atoms with Crippen molar-refractivity contribution in [3.05, 3.63) is 24.3 Å². The van der Waals surface area contributed by atoms with E-state index in [-0.39, 0.29) is 5.41 Å². The number of hydrogen-bond acceptors (Lipinski definition) is 4. The summed E-state index contributed by atoms with van der Waals surface area (Å²) < 4.78 is 1.84. The van der Waals surface area contributed by atoms with E-state index in [1.165, 1.54) is 0 Å². The van der Waals surface area contributed by atoms with E-state index in [0.29, 0.717) is 11.6 Å². The molecule has 0 unspecified atom stereocenters. The SMILES string of the molecule is CC(C)C(C)(C)Cn1nnnc1-c1ccccc1N. The Kier molecular flexibility index (Phi) is 3.55. The van der Waals surface area contributed by atoms with Crippen LogP contribution in [0.2, 0.25) is 0 Å². The van der Waals surface area contributed by atoms with Crippen molar-refractivity contribution in [2.24, 2.45) is 11.3 Å². The number of nitrogen functional groups attached to an aromatic ring is 1. The first kappa shape index (κ1) is 13.5. The summed E-state index contributed by atoms with van der Waals surface area (Å²) >= 11 is 0. The van der Waals surface area contributed by atoms with E-state index in [2.05, 4.69) is 43.2 Å². The van der Waals surface area contributed by atoms with Crippen molar-refractivity contribution >= 4 is 5.69 Å². The van der Waals surface area contributed by atoms with E-state index < -0.39 is 0 Å². The van der Waals surface area contributed by atoms with Crippen molar-refractivity contribution in [2.45, 2.75) is 34.2 Å². The van der Waals surface area contributed by atoms with Crippen LogP contribution < -0.4 is 5.73 Å². The second-order valence-electron chi connectivity index (χ2n) is 5.89. The van der Waals surface area contributed by atoms with Crippen molar-refractivity contribution in [1.82, 2.24) is 20.2 Å². The fraction of sp³-hybridized carbons (Fsp3) is 0.500. The number of benzene rings is 1. The van der Waals surface area contributed by atoms with Gasteiger partial charge in [-0.05, 0) is 33.9 Å². The summed E-state index contributed by atoms with van der Waals surface area (Å²) in [5.41, 5.74) is 7.69. The highest BCUT2D eigenvalue weighted by molar-refractivity contribution is 5.70. The van der Waals surface area contributed by atoms with E-state index in [1.807, 2.05) is 28.9 Å². The third kappa shape index (κ3) is 2.75. The maximum Gasteiger partial charge on any atom is 0.184 e. The molecule has 5 heteroatoms. The van der Waals surface area contributed by atoms with Crippen LogP contribution in [-0.2, 0) is 6.54 Å². The lowest BCUT2D eigenvalue weighted by atomic mass is 9.81. The van der Waals surface area contributed by atoms with Crippen LogP contribution in [0.25, 0.3) is 11.4 Å². The van der Waals surface area contributed by atoms with E-state index in [1.54, 1.807) is 0 Å². The first-order valence-electron chi connectivity index (χ1n) is 6.53. The first-order valence-corrected chi connectivity index (χ1v) is 6.53. The van der Waals surface area contributed by atoms with Gasteiger partial charge in [0.15, 0.2) is 5.82 Å². The molecule has 5 nitrogen and oxygen atoms in total. The lowest BCUT2D eigenvalue weighted by Crippen LogP contribution is -2.26. The van der Waals surface area contributed by atoms with E-state index in [0.717, 1.165) is 17.9 Å². The minimum Gasteiger partial charge on any atom is -0.398 e. The number of rotatable bonds is 4. The van der Waals surface area contributed by atoms with Gasteiger partial charge in [-0.1, -0.05) is 39.8 Å². The van der Waals surface area contributed by atoms with Crippen molar-refractivity contribution in [1.29, 1.82) is 0 Å². The van der Waals surface area contributed by atoms with Gasteiger partial charge < -0.3 is 5.73 Å². The molecule has 0 spiro atoms. The van der Waals surface area contributed by atoms with Crippen LogP contribution >= 0.6 is 0 Å². The smallest absolute Gasteiger partial charge is 0.184 e. The molecule has 0 radical (unpaired) electrons. The highest BCUT2D eigenvalue weighted by Crippen LogP contribution is 2.30. The van der Waals surface area contributed by atoms with Crippen molar-refractivity contribution < 1.29 is 0 Å². The summed E-state index contributed by atoms with van der Waals surface area (Å²) in [7, 11) is 0. The Bertz CT molecular complexity index is 556. The zero-order chi connectivity index (χ0) is 14.0. The summed E-state index contributed by atoms with van der Waals surface area (Å²) in [5.74, 6) is 1.27. The van der Waals surface area contributed by atoms with Crippen molar-refractivity contribution in [2.75, 3.05) is 5.73 Å². The topological polar surface area (TPSA) is 69.6 Å². The summed E-state index contributed by atoms with van der Waals surface area (Å²) in [6, 6.07) is 7.66. The van der Waals surface area contributed by atoms with Crippen LogP contribution in [0.15, 0.2) is 24.3 Å². The lowest BCUT2D eigenvalue weighted by molar-refractivity contribution is 0.200. The number of nitrogens with two attached hydrogens (primary N) is 1. The number of tetrazole rings is 1. The molecule has 19 heavy (non-hydrogen) atoms. The van der Waals surface area contributed by atoms with Crippen LogP contribution in [0.5, 0.6) is 0 Å². The molecule has 2 N–H and O–H groups in total. The Labute approximate surface area is 113 Å². The molecule has 0 aliphatic heterocycles. The Morgan fingerprint density at radius 1 is 1.26 bits per heavy atom. The molecule has 0 bridgehead atoms. The molecule has 102 valence electrons. The molecule has 2 rings (SSSR count). The van der Waals surface area contributed by atoms with Crippen LogP contribution in [0, 0.1) is 11.3 Å². The van der Waals surface area contributed by atoms with E-state index >= 15 is 0 Å². The predicted octanol–water partition coefficient (Wildman–Crippen LogP) is 2.60. The first-order chi connectivity index (χ1) is 8.92. The number of hydrogen-bond donors (Lipinski definition) is 1. The predicted molar refractivity (Wildman–Crippen MR) is 76.3 cm³/mol. The molecule has 0 saturated carbocycles.